The fraction of sp³-hybridized carbons (Fsp3) is 0.778. The van der Waals surface area contributed by atoms with Gasteiger partial charge < -0.3 is 5.11 Å². The summed E-state index contributed by atoms with van der Waals surface area (Å²) in [7, 11) is 0. The second-order valence-corrected chi connectivity index (χ2v) is 8.18. The number of aryl methyl sites for hydroxylation is 1. The van der Waals surface area contributed by atoms with Crippen LogP contribution in [0.1, 0.15) is 93.4 Å². The molecule has 1 unspecified atom stereocenters. The number of hydrogen-bond donors (Lipinski definition) is 1. The van der Waals surface area contributed by atoms with E-state index in [-0.39, 0.29) is 6.10 Å². The van der Waals surface area contributed by atoms with Gasteiger partial charge in [0, 0.05) is 14.2 Å². The summed E-state index contributed by atoms with van der Waals surface area (Å²) in [5.41, 5.74) is 0. The van der Waals surface area contributed by atoms with Crippen molar-refractivity contribution in [2.75, 3.05) is 0 Å². The van der Waals surface area contributed by atoms with Crippen LogP contribution in [-0.4, -0.2) is 5.11 Å². The van der Waals surface area contributed by atoms with Crippen molar-refractivity contribution in [1.82, 2.24) is 0 Å². The maximum absolute atomic E-state index is 10.2. The largest absolute Gasteiger partial charge is 0.388 e. The van der Waals surface area contributed by atoms with Crippen molar-refractivity contribution in [3.63, 3.8) is 0 Å². The number of thiophene rings is 1. The van der Waals surface area contributed by atoms with Gasteiger partial charge in [-0.25, -0.2) is 0 Å². The molecule has 1 aromatic heterocycles. The molecule has 21 heavy (non-hydrogen) atoms. The summed E-state index contributed by atoms with van der Waals surface area (Å²) in [5, 5.41) is 10.2. The molecule has 0 fully saturated rings. The first-order chi connectivity index (χ1) is 10.1. The second-order valence-electron chi connectivity index (χ2n) is 6.04. The topological polar surface area (TPSA) is 20.2 Å². The third-order valence-corrected chi connectivity index (χ3v) is 6.27. The van der Waals surface area contributed by atoms with E-state index in [1.54, 1.807) is 11.3 Å². The van der Waals surface area contributed by atoms with Crippen LogP contribution in [0.5, 0.6) is 0 Å². The van der Waals surface area contributed by atoms with Gasteiger partial charge in [0.1, 0.15) is 0 Å². The molecule has 0 aliphatic rings. The third kappa shape index (κ3) is 8.37. The van der Waals surface area contributed by atoms with E-state index in [4.69, 9.17) is 0 Å². The Morgan fingerprint density at radius 3 is 2.00 bits per heavy atom. The molecule has 1 aromatic rings. The molecule has 1 rings (SSSR count). The summed E-state index contributed by atoms with van der Waals surface area (Å²) in [5.74, 6) is 0. The number of aliphatic hydroxyl groups excluding tert-OH is 1. The molecule has 0 saturated heterocycles. The molecule has 0 bridgehead atoms. The fourth-order valence-corrected chi connectivity index (χ4v) is 4.19. The van der Waals surface area contributed by atoms with Gasteiger partial charge in [0.2, 0.25) is 0 Å². The fourth-order valence-electron chi connectivity index (χ4n) is 2.61. The highest BCUT2D eigenvalue weighted by molar-refractivity contribution is 9.10. The van der Waals surface area contributed by atoms with E-state index in [0.717, 1.165) is 22.2 Å². The molecule has 1 N–H and O–H groups in total. The lowest BCUT2D eigenvalue weighted by Gasteiger charge is -2.08. The number of rotatable bonds is 12. The summed E-state index contributed by atoms with van der Waals surface area (Å²) in [6.45, 7) is 4.36. The van der Waals surface area contributed by atoms with Crippen molar-refractivity contribution >= 4 is 27.3 Å². The highest BCUT2D eigenvalue weighted by Crippen LogP contribution is 2.32. The molecule has 3 heteroatoms. The Kier molecular flexibility index (Phi) is 10.7. The van der Waals surface area contributed by atoms with Crippen LogP contribution in [0.25, 0.3) is 0 Å². The monoisotopic (exact) mass is 374 g/mol. The Morgan fingerprint density at radius 1 is 1.00 bits per heavy atom. The summed E-state index contributed by atoms with van der Waals surface area (Å²) in [4.78, 5) is 2.36. The van der Waals surface area contributed by atoms with E-state index in [1.165, 1.54) is 62.7 Å². The van der Waals surface area contributed by atoms with Crippen LogP contribution in [0.15, 0.2) is 10.5 Å². The van der Waals surface area contributed by atoms with Crippen LogP contribution in [0.4, 0.5) is 0 Å². The van der Waals surface area contributed by atoms with Gasteiger partial charge >= 0.3 is 0 Å². The smallest absolute Gasteiger partial charge is 0.0882 e. The van der Waals surface area contributed by atoms with Crippen molar-refractivity contribution in [2.24, 2.45) is 0 Å². The molecule has 0 amide bonds. The quantitative estimate of drug-likeness (QED) is 0.384. The Bertz CT molecular complexity index is 356. The zero-order valence-electron chi connectivity index (χ0n) is 13.7. The van der Waals surface area contributed by atoms with Gasteiger partial charge in [0.05, 0.1) is 6.10 Å². The van der Waals surface area contributed by atoms with Gasteiger partial charge in [-0.05, 0) is 35.3 Å². The van der Waals surface area contributed by atoms with E-state index in [1.807, 2.05) is 0 Å². The van der Waals surface area contributed by atoms with Crippen molar-refractivity contribution in [3.8, 4) is 0 Å². The summed E-state index contributed by atoms with van der Waals surface area (Å²) < 4.78 is 1.13. The Labute approximate surface area is 143 Å². The number of hydrogen-bond acceptors (Lipinski definition) is 2. The number of unbranched alkanes of at least 4 members (excludes halogenated alkanes) is 9. The molecule has 1 heterocycles. The van der Waals surface area contributed by atoms with E-state index < -0.39 is 0 Å². The number of aliphatic hydroxyl groups is 1. The minimum absolute atomic E-state index is 0.269. The van der Waals surface area contributed by atoms with E-state index in [2.05, 4.69) is 35.8 Å². The summed E-state index contributed by atoms with van der Waals surface area (Å²) in [6, 6.07) is 2.07. The molecular weight excluding hydrogens is 344 g/mol. The van der Waals surface area contributed by atoms with Crippen LogP contribution in [0.2, 0.25) is 0 Å². The molecule has 0 aromatic carbocycles. The van der Waals surface area contributed by atoms with E-state index in [0.29, 0.717) is 0 Å². The SMILES string of the molecule is CCCCCCCCCCCCC(O)c1cc(Br)c(C)s1. The van der Waals surface area contributed by atoms with Gasteiger partial charge in [-0.15, -0.1) is 11.3 Å². The predicted molar refractivity (Wildman–Crippen MR) is 98.2 cm³/mol. The highest BCUT2D eigenvalue weighted by Gasteiger charge is 2.11. The number of halogens is 1. The summed E-state index contributed by atoms with van der Waals surface area (Å²) >= 11 is 5.22. The van der Waals surface area contributed by atoms with Gasteiger partial charge in [-0.3, -0.25) is 0 Å². The van der Waals surface area contributed by atoms with Crippen LogP contribution in [0, 0.1) is 6.92 Å². The van der Waals surface area contributed by atoms with E-state index >= 15 is 0 Å². The maximum atomic E-state index is 10.2. The zero-order valence-corrected chi connectivity index (χ0v) is 16.1. The molecule has 0 saturated carbocycles. The Balaban J connectivity index is 1.96. The predicted octanol–water partition coefficient (Wildman–Crippen LogP) is 7.16. The first kappa shape index (κ1) is 19.2. The van der Waals surface area contributed by atoms with Gasteiger partial charge in [-0.2, -0.15) is 0 Å². The van der Waals surface area contributed by atoms with Crippen molar-refractivity contribution < 1.29 is 5.11 Å². The van der Waals surface area contributed by atoms with Crippen molar-refractivity contribution in [2.45, 2.75) is 90.6 Å². The van der Waals surface area contributed by atoms with Gasteiger partial charge in [0.15, 0.2) is 0 Å². The van der Waals surface area contributed by atoms with Crippen molar-refractivity contribution in [3.05, 3.63) is 20.3 Å². The Morgan fingerprint density at radius 2 is 1.52 bits per heavy atom. The first-order valence-corrected chi connectivity index (χ1v) is 10.2. The lowest BCUT2D eigenvalue weighted by atomic mass is 10.0. The average molecular weight is 375 g/mol. The van der Waals surface area contributed by atoms with Gasteiger partial charge in [-0.1, -0.05) is 71.1 Å². The maximum Gasteiger partial charge on any atom is 0.0882 e. The minimum atomic E-state index is -0.269. The van der Waals surface area contributed by atoms with Gasteiger partial charge in [0.25, 0.3) is 0 Å². The lowest BCUT2D eigenvalue weighted by Crippen LogP contribution is -1.94. The molecule has 0 radical (unpaired) electrons. The normalized spacial score (nSPS) is 12.8. The first-order valence-electron chi connectivity index (χ1n) is 8.59. The second kappa shape index (κ2) is 11.7. The molecule has 0 spiro atoms. The standard InChI is InChI=1S/C18H31BrOS/c1-3-4-5-6-7-8-9-10-11-12-13-17(20)18-14-16(19)15(2)21-18/h14,17,20H,3-13H2,1-2H3. The third-order valence-electron chi connectivity index (χ3n) is 4.04. The van der Waals surface area contributed by atoms with Crippen molar-refractivity contribution in [1.29, 1.82) is 0 Å². The highest BCUT2D eigenvalue weighted by atomic mass is 79.9. The molecular formula is C18H31BrOS. The summed E-state index contributed by atoms with van der Waals surface area (Å²) in [6.07, 6.45) is 14.1. The molecule has 122 valence electrons. The van der Waals surface area contributed by atoms with E-state index in [9.17, 15) is 5.11 Å². The molecule has 1 atom stereocenters. The zero-order chi connectivity index (χ0) is 15.5. The van der Waals surface area contributed by atoms with Crippen LogP contribution < -0.4 is 0 Å². The Hall–Kier alpha value is 0.140. The van der Waals surface area contributed by atoms with Crippen LogP contribution in [0.3, 0.4) is 0 Å². The minimum Gasteiger partial charge on any atom is -0.388 e. The van der Waals surface area contributed by atoms with Crippen LogP contribution in [-0.2, 0) is 0 Å². The molecule has 0 aliphatic carbocycles. The molecule has 0 aliphatic heterocycles. The molecule has 1 nitrogen and oxygen atoms in total. The van der Waals surface area contributed by atoms with Crippen LogP contribution >= 0.6 is 27.3 Å². The lowest BCUT2D eigenvalue weighted by molar-refractivity contribution is 0.167. The average Bonchev–Trinajstić information content (AvgIpc) is 2.80.